The van der Waals surface area contributed by atoms with E-state index in [-0.39, 0.29) is 46.6 Å². The Hall–Kier alpha value is -2.58. The molecule has 2 amide bonds. The standard InChI is InChI=1S/C64H100Br2N2O4/c1-5-9-13-17-21-25-27-31-35-39-43-51(41-37-33-29-23-19-15-11-7-3)63(71)67-57-49-53(65)45-47-55(57)61(69)59(67)60-62(70)56-48-46-54(66)50-58(56)68(60)64(72)52(42-38-34-30-24-20-16-12-8-4)44-40-36-32-28-26-22-18-14-10-6-2/h45-52H,5-44H2,1-4H3/b60-59+. The summed E-state index contributed by atoms with van der Waals surface area (Å²) in [5.41, 5.74) is 1.90. The molecule has 2 atom stereocenters. The van der Waals surface area contributed by atoms with E-state index in [4.69, 9.17) is 0 Å². The molecular weight excluding hydrogens is 1020 g/mol. The third-order valence-corrected chi connectivity index (χ3v) is 16.7. The molecule has 0 saturated carbocycles. The lowest BCUT2D eigenvalue weighted by Crippen LogP contribution is -2.41. The van der Waals surface area contributed by atoms with Crippen molar-refractivity contribution in [1.29, 1.82) is 0 Å². The van der Waals surface area contributed by atoms with Gasteiger partial charge in [-0.15, -0.1) is 0 Å². The predicted octanol–water partition coefficient (Wildman–Crippen LogP) is 21.1. The van der Waals surface area contributed by atoms with Gasteiger partial charge < -0.3 is 0 Å². The second-order valence-electron chi connectivity index (χ2n) is 21.9. The average Bonchev–Trinajstić information content (AvgIpc) is 3.82. The summed E-state index contributed by atoms with van der Waals surface area (Å²) >= 11 is 7.35. The molecule has 0 aliphatic carbocycles. The zero-order valence-electron chi connectivity index (χ0n) is 46.2. The van der Waals surface area contributed by atoms with Gasteiger partial charge in [-0.3, -0.25) is 29.0 Å². The molecule has 2 heterocycles. The Kier molecular flexibility index (Phi) is 32.0. The van der Waals surface area contributed by atoms with Crippen LogP contribution in [0.2, 0.25) is 0 Å². The minimum absolute atomic E-state index is 0.0486. The van der Waals surface area contributed by atoms with Gasteiger partial charge in [-0.1, -0.05) is 291 Å². The number of halogens is 2. The van der Waals surface area contributed by atoms with Gasteiger partial charge >= 0.3 is 0 Å². The van der Waals surface area contributed by atoms with Crippen LogP contribution < -0.4 is 9.80 Å². The number of amides is 2. The monoisotopic (exact) mass is 1120 g/mol. The Morgan fingerprint density at radius 1 is 0.361 bits per heavy atom. The van der Waals surface area contributed by atoms with Gasteiger partial charge in [0.1, 0.15) is 11.4 Å². The molecule has 0 bridgehead atoms. The second kappa shape index (κ2) is 37.2. The molecule has 2 aliphatic heterocycles. The average molecular weight is 1120 g/mol. The predicted molar refractivity (Wildman–Crippen MR) is 313 cm³/mol. The molecule has 0 spiro atoms. The van der Waals surface area contributed by atoms with Gasteiger partial charge in [0.05, 0.1) is 11.4 Å². The highest BCUT2D eigenvalue weighted by Gasteiger charge is 2.48. The second-order valence-corrected chi connectivity index (χ2v) is 23.7. The van der Waals surface area contributed by atoms with E-state index in [9.17, 15) is 0 Å². The summed E-state index contributed by atoms with van der Waals surface area (Å²) in [6.45, 7) is 9.04. The maximum absolute atomic E-state index is 15.6. The molecular formula is C64H100Br2N2O4. The van der Waals surface area contributed by atoms with Crippen molar-refractivity contribution in [2.45, 2.75) is 285 Å². The fourth-order valence-corrected chi connectivity index (χ4v) is 12.0. The van der Waals surface area contributed by atoms with E-state index in [1.54, 1.807) is 21.9 Å². The van der Waals surface area contributed by atoms with Crippen LogP contribution in [0.5, 0.6) is 0 Å². The van der Waals surface area contributed by atoms with E-state index >= 15 is 19.2 Å². The van der Waals surface area contributed by atoms with Gasteiger partial charge in [0, 0.05) is 31.9 Å². The maximum atomic E-state index is 15.6. The van der Waals surface area contributed by atoms with E-state index in [2.05, 4.69) is 59.6 Å². The number of Topliss-reactive ketones (excluding diaryl/α,β-unsaturated/α-hetero) is 2. The molecule has 4 rings (SSSR count). The number of fused-ring (bicyclic) bond motifs is 2. The highest BCUT2D eigenvalue weighted by atomic mass is 79.9. The Morgan fingerprint density at radius 2 is 0.583 bits per heavy atom. The number of carbonyl (C=O) groups excluding carboxylic acids is 4. The molecule has 2 aromatic carbocycles. The number of allylic oxidation sites excluding steroid dienone is 2. The van der Waals surface area contributed by atoms with Crippen LogP contribution >= 0.6 is 31.9 Å². The van der Waals surface area contributed by atoms with Gasteiger partial charge in [0.25, 0.3) is 0 Å². The first kappa shape index (κ1) is 62.0. The Bertz CT molecular complexity index is 1790. The van der Waals surface area contributed by atoms with Crippen molar-refractivity contribution < 1.29 is 19.2 Å². The normalized spacial score (nSPS) is 15.2. The van der Waals surface area contributed by atoms with Crippen molar-refractivity contribution in [2.24, 2.45) is 11.8 Å². The number of hydrogen-bond donors (Lipinski definition) is 0. The fourth-order valence-electron chi connectivity index (χ4n) is 11.3. The highest BCUT2D eigenvalue weighted by molar-refractivity contribution is 9.10. The molecule has 404 valence electrons. The summed E-state index contributed by atoms with van der Waals surface area (Å²) in [6.07, 6.45) is 46.3. The molecule has 0 aromatic heterocycles. The van der Waals surface area contributed by atoms with Gasteiger partial charge in [-0.2, -0.15) is 0 Å². The first-order chi connectivity index (χ1) is 35.2. The Labute approximate surface area is 457 Å². The maximum Gasteiger partial charge on any atom is 0.234 e. The molecule has 0 N–H and O–H groups in total. The minimum atomic E-state index is -0.363. The summed E-state index contributed by atoms with van der Waals surface area (Å²) in [5.74, 6) is -1.60. The zero-order chi connectivity index (χ0) is 51.8. The van der Waals surface area contributed by atoms with Crippen molar-refractivity contribution in [1.82, 2.24) is 0 Å². The van der Waals surface area contributed by atoms with Crippen LogP contribution in [0.1, 0.15) is 305 Å². The molecule has 72 heavy (non-hydrogen) atoms. The molecule has 2 aromatic rings. The van der Waals surface area contributed by atoms with Crippen LogP contribution in [0.4, 0.5) is 11.4 Å². The quantitative estimate of drug-likeness (QED) is 0.0490. The topological polar surface area (TPSA) is 74.8 Å². The molecule has 0 radical (unpaired) electrons. The van der Waals surface area contributed by atoms with Crippen LogP contribution in [0.15, 0.2) is 56.7 Å². The number of carbonyl (C=O) groups is 4. The summed E-state index contributed by atoms with van der Waals surface area (Å²) < 4.78 is 1.51. The molecule has 6 nitrogen and oxygen atoms in total. The number of benzene rings is 2. The smallest absolute Gasteiger partial charge is 0.234 e. The minimum Gasteiger partial charge on any atom is -0.287 e. The van der Waals surface area contributed by atoms with Crippen molar-refractivity contribution in [3.8, 4) is 0 Å². The van der Waals surface area contributed by atoms with E-state index in [0.29, 0.717) is 22.5 Å². The third-order valence-electron chi connectivity index (χ3n) is 15.8. The third kappa shape index (κ3) is 20.9. The van der Waals surface area contributed by atoms with Crippen LogP contribution in [0.3, 0.4) is 0 Å². The molecule has 0 saturated heterocycles. The van der Waals surface area contributed by atoms with E-state index in [1.165, 1.54) is 167 Å². The molecule has 2 aliphatic rings. The Morgan fingerprint density at radius 3 is 0.819 bits per heavy atom. The summed E-state index contributed by atoms with van der Waals surface area (Å²) in [5, 5.41) is 0. The van der Waals surface area contributed by atoms with Crippen LogP contribution in [-0.4, -0.2) is 23.4 Å². The van der Waals surface area contributed by atoms with E-state index in [0.717, 1.165) is 98.8 Å². The van der Waals surface area contributed by atoms with Gasteiger partial charge in [-0.05, 0) is 62.1 Å². The summed E-state index contributed by atoms with van der Waals surface area (Å²) in [7, 11) is 0. The van der Waals surface area contributed by atoms with E-state index in [1.807, 2.05) is 24.3 Å². The number of anilines is 2. The van der Waals surface area contributed by atoms with Crippen molar-refractivity contribution in [3.63, 3.8) is 0 Å². The van der Waals surface area contributed by atoms with Gasteiger partial charge in [0.2, 0.25) is 23.4 Å². The number of unbranched alkanes of at least 4 members (excludes halogenated alkanes) is 32. The first-order valence-corrected chi connectivity index (χ1v) is 31.9. The number of rotatable bonds is 42. The van der Waals surface area contributed by atoms with Crippen LogP contribution in [0.25, 0.3) is 0 Å². The van der Waals surface area contributed by atoms with Crippen molar-refractivity contribution in [2.75, 3.05) is 9.80 Å². The summed E-state index contributed by atoms with van der Waals surface area (Å²) in [6, 6.07) is 10.9. The van der Waals surface area contributed by atoms with Crippen LogP contribution in [-0.2, 0) is 9.59 Å². The lowest BCUT2D eigenvalue weighted by atomic mass is 9.92. The molecule has 0 fully saturated rings. The lowest BCUT2D eigenvalue weighted by molar-refractivity contribution is -0.123. The summed E-state index contributed by atoms with van der Waals surface area (Å²) in [4.78, 5) is 64.7. The van der Waals surface area contributed by atoms with Crippen molar-refractivity contribution in [3.05, 3.63) is 67.9 Å². The first-order valence-electron chi connectivity index (χ1n) is 30.3. The Balaban J connectivity index is 1.67. The number of hydrogen-bond acceptors (Lipinski definition) is 4. The number of ketones is 2. The highest BCUT2D eigenvalue weighted by Crippen LogP contribution is 2.46. The SMILES string of the molecule is CCCCCCCCCCCCC(CCCCCCCCCC)C(=O)N1/C(=C2\C(=O)c3ccc(Br)cc3N2C(=O)C(CCCCCCCCCC)CCCCCCCCCCCC)C(=O)c2ccc(Br)cc21. The molecule has 8 heteroatoms. The molecule has 2 unspecified atom stereocenters. The number of nitrogens with zero attached hydrogens (tertiary/aromatic N) is 2. The zero-order valence-corrected chi connectivity index (χ0v) is 49.4. The largest absolute Gasteiger partial charge is 0.287 e. The fraction of sp³-hybridized carbons (Fsp3) is 0.719. The van der Waals surface area contributed by atoms with E-state index < -0.39 is 0 Å². The lowest BCUT2D eigenvalue weighted by Gasteiger charge is -2.29. The van der Waals surface area contributed by atoms with Gasteiger partial charge in [-0.25, -0.2) is 0 Å². The van der Waals surface area contributed by atoms with Crippen LogP contribution in [0, 0.1) is 11.8 Å². The van der Waals surface area contributed by atoms with Gasteiger partial charge in [0.15, 0.2) is 0 Å². The van der Waals surface area contributed by atoms with Crippen molar-refractivity contribution >= 4 is 66.6 Å².